The first-order chi connectivity index (χ1) is 11.4. The van der Waals surface area contributed by atoms with Crippen molar-refractivity contribution in [2.45, 2.75) is 43.3 Å². The summed E-state index contributed by atoms with van der Waals surface area (Å²) in [7, 11) is -0.199. The molecule has 0 aromatic heterocycles. The predicted molar refractivity (Wildman–Crippen MR) is 94.3 cm³/mol. The van der Waals surface area contributed by atoms with Crippen LogP contribution in [0.3, 0.4) is 0 Å². The number of rotatable bonds is 5. The van der Waals surface area contributed by atoms with Crippen LogP contribution in [0.2, 0.25) is 0 Å². The first-order valence-electron chi connectivity index (χ1n) is 8.66. The molecule has 5 nitrogen and oxygen atoms in total. The molecule has 1 heterocycles. The van der Waals surface area contributed by atoms with Crippen LogP contribution in [0.25, 0.3) is 0 Å². The number of amides is 1. The number of hydrogen-bond acceptors (Lipinski definition) is 3. The van der Waals surface area contributed by atoms with Gasteiger partial charge in [-0.2, -0.15) is 0 Å². The van der Waals surface area contributed by atoms with Crippen LogP contribution in [-0.2, 0) is 21.2 Å². The number of piperidine rings is 1. The number of likely N-dealkylation sites (tertiary alicyclic amines) is 1. The van der Waals surface area contributed by atoms with E-state index in [1.165, 1.54) is 22.7 Å². The van der Waals surface area contributed by atoms with Crippen molar-refractivity contribution in [1.29, 1.82) is 0 Å². The minimum absolute atomic E-state index is 0.0293. The quantitative estimate of drug-likeness (QED) is 0.816. The fourth-order valence-electron chi connectivity index (χ4n) is 3.37. The van der Waals surface area contributed by atoms with Gasteiger partial charge in [-0.3, -0.25) is 4.79 Å². The largest absolute Gasteiger partial charge is 0.341 e. The monoisotopic (exact) mass is 350 g/mol. The van der Waals surface area contributed by atoms with Crippen molar-refractivity contribution < 1.29 is 13.2 Å². The smallest absolute Gasteiger partial charge is 0.227 e. The second-order valence-corrected chi connectivity index (χ2v) is 9.55. The van der Waals surface area contributed by atoms with E-state index in [9.17, 15) is 13.2 Å². The van der Waals surface area contributed by atoms with Crippen LogP contribution in [0.15, 0.2) is 24.3 Å². The topological polar surface area (TPSA) is 57.7 Å². The Morgan fingerprint density at radius 3 is 2.67 bits per heavy atom. The summed E-state index contributed by atoms with van der Waals surface area (Å²) in [6.07, 6.45) is 4.21. The van der Waals surface area contributed by atoms with Crippen LogP contribution in [0.5, 0.6) is 0 Å². The van der Waals surface area contributed by atoms with Crippen molar-refractivity contribution in [2.24, 2.45) is 0 Å². The molecule has 6 heteroatoms. The maximum absolute atomic E-state index is 12.6. The van der Waals surface area contributed by atoms with Crippen LogP contribution in [0, 0.1) is 0 Å². The van der Waals surface area contributed by atoms with E-state index in [4.69, 9.17) is 0 Å². The molecule has 1 aliphatic carbocycles. The molecular weight excluding hydrogens is 324 g/mol. The standard InChI is InChI=1S/C18H26N2O3S/c1-19(2)24(22,23)17-7-4-10-20(13-17)18(21)12-14-5-3-6-16(11-14)15-8-9-15/h3,5-6,11,15,17H,4,7-10,12-13H2,1-2H3. The molecule has 0 bridgehead atoms. The van der Waals surface area contributed by atoms with Crippen LogP contribution in [0.4, 0.5) is 0 Å². The molecular formula is C18H26N2O3S. The molecule has 1 saturated carbocycles. The van der Waals surface area contributed by atoms with Gasteiger partial charge in [0.2, 0.25) is 15.9 Å². The van der Waals surface area contributed by atoms with E-state index in [0.717, 1.165) is 12.0 Å². The van der Waals surface area contributed by atoms with E-state index in [1.54, 1.807) is 19.0 Å². The summed E-state index contributed by atoms with van der Waals surface area (Å²) in [5.41, 5.74) is 2.36. The highest BCUT2D eigenvalue weighted by Gasteiger charge is 2.34. The number of hydrogen-bond donors (Lipinski definition) is 0. The summed E-state index contributed by atoms with van der Waals surface area (Å²) in [4.78, 5) is 14.3. The maximum atomic E-state index is 12.6. The van der Waals surface area contributed by atoms with Crippen molar-refractivity contribution in [1.82, 2.24) is 9.21 Å². The third-order valence-electron chi connectivity index (χ3n) is 5.02. The van der Waals surface area contributed by atoms with Crippen LogP contribution < -0.4 is 0 Å². The van der Waals surface area contributed by atoms with Gasteiger partial charge in [0.05, 0.1) is 11.7 Å². The lowest BCUT2D eigenvalue weighted by atomic mass is 10.0. The Kier molecular flexibility index (Phi) is 4.97. The summed E-state index contributed by atoms with van der Waals surface area (Å²) in [6.45, 7) is 0.961. The van der Waals surface area contributed by atoms with Gasteiger partial charge in [-0.05, 0) is 42.7 Å². The molecule has 1 aromatic carbocycles. The summed E-state index contributed by atoms with van der Waals surface area (Å²) < 4.78 is 25.9. The van der Waals surface area contributed by atoms with Crippen LogP contribution in [-0.4, -0.2) is 56.0 Å². The molecule has 24 heavy (non-hydrogen) atoms. The Balaban J connectivity index is 1.65. The first-order valence-corrected chi connectivity index (χ1v) is 10.2. The number of nitrogens with zero attached hydrogens (tertiary/aromatic N) is 2. The molecule has 0 spiro atoms. The lowest BCUT2D eigenvalue weighted by Crippen LogP contribution is -2.48. The van der Waals surface area contributed by atoms with Gasteiger partial charge in [-0.25, -0.2) is 12.7 Å². The predicted octanol–water partition coefficient (Wildman–Crippen LogP) is 1.99. The van der Waals surface area contributed by atoms with Gasteiger partial charge in [0.1, 0.15) is 0 Å². The number of benzene rings is 1. The Bertz CT molecular complexity index is 711. The van der Waals surface area contributed by atoms with Gasteiger partial charge >= 0.3 is 0 Å². The number of sulfonamides is 1. The summed E-state index contributed by atoms with van der Waals surface area (Å²) in [6, 6.07) is 8.27. The van der Waals surface area contributed by atoms with E-state index >= 15 is 0 Å². The number of carbonyl (C=O) groups excluding carboxylic acids is 1. The lowest BCUT2D eigenvalue weighted by molar-refractivity contribution is -0.131. The molecule has 2 aliphatic rings. The van der Waals surface area contributed by atoms with Crippen LogP contribution in [0.1, 0.15) is 42.7 Å². The minimum atomic E-state index is -3.31. The zero-order chi connectivity index (χ0) is 17.3. The molecule has 1 unspecified atom stereocenters. The number of carbonyl (C=O) groups is 1. The molecule has 0 radical (unpaired) electrons. The average Bonchev–Trinajstić information content (AvgIpc) is 3.40. The maximum Gasteiger partial charge on any atom is 0.227 e. The Morgan fingerprint density at radius 1 is 1.25 bits per heavy atom. The van der Waals surface area contributed by atoms with Crippen molar-refractivity contribution in [2.75, 3.05) is 27.2 Å². The second kappa shape index (κ2) is 6.84. The van der Waals surface area contributed by atoms with E-state index < -0.39 is 15.3 Å². The average molecular weight is 350 g/mol. The van der Waals surface area contributed by atoms with E-state index in [1.807, 2.05) is 12.1 Å². The Morgan fingerprint density at radius 2 is 2.00 bits per heavy atom. The minimum Gasteiger partial charge on any atom is -0.341 e. The van der Waals surface area contributed by atoms with E-state index in [2.05, 4.69) is 12.1 Å². The first kappa shape index (κ1) is 17.4. The molecule has 1 atom stereocenters. The summed E-state index contributed by atoms with van der Waals surface area (Å²) in [5, 5.41) is -0.483. The normalized spacial score (nSPS) is 22.0. The molecule has 1 saturated heterocycles. The molecule has 1 aromatic rings. The molecule has 1 aliphatic heterocycles. The zero-order valence-corrected chi connectivity index (χ0v) is 15.3. The van der Waals surface area contributed by atoms with Gasteiger partial charge in [0.15, 0.2) is 0 Å². The highest BCUT2D eigenvalue weighted by atomic mass is 32.2. The van der Waals surface area contributed by atoms with Gasteiger partial charge in [-0.1, -0.05) is 24.3 Å². The van der Waals surface area contributed by atoms with Crippen molar-refractivity contribution in [3.63, 3.8) is 0 Å². The van der Waals surface area contributed by atoms with E-state index in [-0.39, 0.29) is 5.91 Å². The van der Waals surface area contributed by atoms with E-state index in [0.29, 0.717) is 31.8 Å². The molecule has 0 N–H and O–H groups in total. The Labute approximate surface area is 144 Å². The molecule has 132 valence electrons. The second-order valence-electron chi connectivity index (χ2n) is 7.13. The molecule has 1 amide bonds. The van der Waals surface area contributed by atoms with Gasteiger partial charge in [0, 0.05) is 27.2 Å². The zero-order valence-electron chi connectivity index (χ0n) is 14.4. The van der Waals surface area contributed by atoms with Crippen molar-refractivity contribution in [3.05, 3.63) is 35.4 Å². The lowest BCUT2D eigenvalue weighted by Gasteiger charge is -2.33. The SMILES string of the molecule is CN(C)S(=O)(=O)C1CCCN(C(=O)Cc2cccc(C3CC3)c2)C1. The Hall–Kier alpha value is -1.40. The van der Waals surface area contributed by atoms with Crippen molar-refractivity contribution >= 4 is 15.9 Å². The highest BCUT2D eigenvalue weighted by Crippen LogP contribution is 2.40. The van der Waals surface area contributed by atoms with Crippen LogP contribution >= 0.6 is 0 Å². The molecule has 2 fully saturated rings. The third kappa shape index (κ3) is 3.81. The van der Waals surface area contributed by atoms with Crippen molar-refractivity contribution in [3.8, 4) is 0 Å². The summed E-state index contributed by atoms with van der Waals surface area (Å²) >= 11 is 0. The van der Waals surface area contributed by atoms with Gasteiger partial charge < -0.3 is 4.90 Å². The fourth-order valence-corrected chi connectivity index (χ4v) is 4.80. The fraction of sp³-hybridized carbons (Fsp3) is 0.611. The third-order valence-corrected chi connectivity index (χ3v) is 7.26. The molecule has 3 rings (SSSR count). The van der Waals surface area contributed by atoms with Gasteiger partial charge in [0.25, 0.3) is 0 Å². The van der Waals surface area contributed by atoms with Gasteiger partial charge in [-0.15, -0.1) is 0 Å². The summed E-state index contributed by atoms with van der Waals surface area (Å²) in [5.74, 6) is 0.700. The highest BCUT2D eigenvalue weighted by molar-refractivity contribution is 7.89.